The fourth-order valence-corrected chi connectivity index (χ4v) is 2.07. The van der Waals surface area contributed by atoms with Gasteiger partial charge in [0.25, 0.3) is 0 Å². The van der Waals surface area contributed by atoms with E-state index in [0.717, 1.165) is 0 Å². The van der Waals surface area contributed by atoms with E-state index in [9.17, 15) is 0 Å². The molecule has 0 aliphatic heterocycles. The highest BCUT2D eigenvalue weighted by Gasteiger charge is 2.14. The lowest BCUT2D eigenvalue weighted by Gasteiger charge is -2.12. The van der Waals surface area contributed by atoms with E-state index in [-0.39, 0.29) is 5.41 Å². The zero-order valence-electron chi connectivity index (χ0n) is 10.5. The lowest BCUT2D eigenvalue weighted by Crippen LogP contribution is -2.23. The van der Waals surface area contributed by atoms with Gasteiger partial charge in [0.15, 0.2) is 0 Å². The summed E-state index contributed by atoms with van der Waals surface area (Å²) in [5.74, 6) is 0. The zero-order chi connectivity index (χ0) is 11.8. The molecule has 0 saturated carbocycles. The van der Waals surface area contributed by atoms with Crippen LogP contribution < -0.4 is 10.6 Å². The summed E-state index contributed by atoms with van der Waals surface area (Å²) in [6, 6.07) is 0. The van der Waals surface area contributed by atoms with Crippen LogP contribution in [0.3, 0.4) is 0 Å². The maximum atomic E-state index is 3.46. The fraction of sp³-hybridized carbons (Fsp3) is 0.333. The molecule has 1 heteroatoms. The second-order valence-electron chi connectivity index (χ2n) is 4.85. The molecule has 1 heterocycles. The second kappa shape index (κ2) is 3.82. The summed E-state index contributed by atoms with van der Waals surface area (Å²) < 4.78 is 0. The van der Waals surface area contributed by atoms with Gasteiger partial charge in [-0.2, -0.15) is 0 Å². The SMILES string of the molecule is CC=c1[nH]c2c(c1=CC)C=CC(C)(C)C=C2. The van der Waals surface area contributed by atoms with Crippen molar-refractivity contribution >= 4 is 24.3 Å². The average molecular weight is 213 g/mol. The Morgan fingerprint density at radius 1 is 1.06 bits per heavy atom. The molecule has 84 valence electrons. The number of nitrogens with one attached hydrogen (secondary N) is 1. The number of aromatic nitrogens is 1. The first kappa shape index (κ1) is 11.0. The molecule has 0 fully saturated rings. The van der Waals surface area contributed by atoms with E-state index in [2.05, 4.69) is 69.1 Å². The van der Waals surface area contributed by atoms with Crippen LogP contribution in [-0.4, -0.2) is 4.98 Å². The van der Waals surface area contributed by atoms with E-state index in [1.807, 2.05) is 0 Å². The third-order valence-electron chi connectivity index (χ3n) is 3.08. The number of fused-ring (bicyclic) bond motifs is 1. The Hall–Kier alpha value is -1.50. The van der Waals surface area contributed by atoms with Crippen molar-refractivity contribution in [1.82, 2.24) is 4.98 Å². The number of hydrogen-bond acceptors (Lipinski definition) is 0. The Labute approximate surface area is 96.9 Å². The summed E-state index contributed by atoms with van der Waals surface area (Å²) in [4.78, 5) is 3.46. The summed E-state index contributed by atoms with van der Waals surface area (Å²) in [7, 11) is 0. The van der Waals surface area contributed by atoms with Gasteiger partial charge in [0, 0.05) is 27.2 Å². The molecular formula is C15H19N. The molecule has 0 aromatic carbocycles. The zero-order valence-corrected chi connectivity index (χ0v) is 10.5. The summed E-state index contributed by atoms with van der Waals surface area (Å²) in [6.07, 6.45) is 13.2. The lowest BCUT2D eigenvalue weighted by molar-refractivity contribution is 0.633. The van der Waals surface area contributed by atoms with Gasteiger partial charge in [-0.3, -0.25) is 0 Å². The molecule has 0 saturated heterocycles. The van der Waals surface area contributed by atoms with Crippen LogP contribution in [0, 0.1) is 5.41 Å². The second-order valence-corrected chi connectivity index (χ2v) is 4.85. The van der Waals surface area contributed by atoms with Crippen LogP contribution in [0.25, 0.3) is 24.3 Å². The third-order valence-corrected chi connectivity index (χ3v) is 3.08. The molecule has 16 heavy (non-hydrogen) atoms. The van der Waals surface area contributed by atoms with Crippen LogP contribution >= 0.6 is 0 Å². The van der Waals surface area contributed by atoms with Crippen LogP contribution in [0.2, 0.25) is 0 Å². The van der Waals surface area contributed by atoms with Crippen molar-refractivity contribution in [1.29, 1.82) is 0 Å². The molecule has 1 N–H and O–H groups in total. The maximum Gasteiger partial charge on any atom is 0.0461 e. The first-order valence-corrected chi connectivity index (χ1v) is 5.80. The van der Waals surface area contributed by atoms with Gasteiger partial charge in [0.2, 0.25) is 0 Å². The predicted octanol–water partition coefficient (Wildman–Crippen LogP) is 2.68. The molecule has 0 amide bonds. The maximum absolute atomic E-state index is 3.46. The van der Waals surface area contributed by atoms with Crippen molar-refractivity contribution in [2.75, 3.05) is 0 Å². The summed E-state index contributed by atoms with van der Waals surface area (Å²) in [6.45, 7) is 8.59. The number of allylic oxidation sites excluding steroid dienone is 2. The van der Waals surface area contributed by atoms with E-state index in [4.69, 9.17) is 0 Å². The van der Waals surface area contributed by atoms with Gasteiger partial charge in [-0.05, 0) is 19.9 Å². The number of hydrogen-bond donors (Lipinski definition) is 1. The van der Waals surface area contributed by atoms with Gasteiger partial charge in [-0.15, -0.1) is 0 Å². The molecular weight excluding hydrogens is 194 g/mol. The van der Waals surface area contributed by atoms with E-state index in [1.165, 1.54) is 21.8 Å². The van der Waals surface area contributed by atoms with Gasteiger partial charge in [0.05, 0.1) is 0 Å². The minimum absolute atomic E-state index is 0.140. The quantitative estimate of drug-likeness (QED) is 0.682. The van der Waals surface area contributed by atoms with Crippen LogP contribution in [0.5, 0.6) is 0 Å². The smallest absolute Gasteiger partial charge is 0.0461 e. The Morgan fingerprint density at radius 3 is 2.38 bits per heavy atom. The van der Waals surface area contributed by atoms with Crippen LogP contribution in [0.1, 0.15) is 39.0 Å². The molecule has 1 nitrogen and oxygen atoms in total. The van der Waals surface area contributed by atoms with E-state index >= 15 is 0 Å². The van der Waals surface area contributed by atoms with Crippen molar-refractivity contribution in [3.8, 4) is 0 Å². The number of aromatic amines is 1. The predicted molar refractivity (Wildman–Crippen MR) is 72.2 cm³/mol. The molecule has 0 spiro atoms. The molecule has 0 atom stereocenters. The van der Waals surface area contributed by atoms with Crippen LogP contribution in [0.15, 0.2) is 12.2 Å². The van der Waals surface area contributed by atoms with Gasteiger partial charge in [-0.1, -0.05) is 44.2 Å². The minimum atomic E-state index is 0.140. The third kappa shape index (κ3) is 1.78. The normalized spacial score (nSPS) is 20.0. The molecule has 1 aliphatic rings. The average Bonchev–Trinajstić information content (AvgIpc) is 2.53. The highest BCUT2D eigenvalue weighted by molar-refractivity contribution is 5.68. The van der Waals surface area contributed by atoms with Gasteiger partial charge in [-0.25, -0.2) is 0 Å². The Bertz CT molecular complexity index is 565. The van der Waals surface area contributed by atoms with Crippen molar-refractivity contribution < 1.29 is 0 Å². The molecule has 0 unspecified atom stereocenters. The largest absolute Gasteiger partial charge is 0.355 e. The molecule has 1 aromatic rings. The van der Waals surface area contributed by atoms with Crippen molar-refractivity contribution in [2.45, 2.75) is 27.7 Å². The van der Waals surface area contributed by atoms with Crippen molar-refractivity contribution in [3.05, 3.63) is 34.0 Å². The molecule has 1 aromatic heterocycles. The first-order valence-electron chi connectivity index (χ1n) is 5.80. The topological polar surface area (TPSA) is 15.8 Å². The highest BCUT2D eigenvalue weighted by Crippen LogP contribution is 2.25. The van der Waals surface area contributed by atoms with Crippen LogP contribution in [-0.2, 0) is 0 Å². The van der Waals surface area contributed by atoms with E-state index < -0.39 is 0 Å². The Morgan fingerprint density at radius 2 is 1.75 bits per heavy atom. The van der Waals surface area contributed by atoms with Crippen molar-refractivity contribution in [2.24, 2.45) is 5.41 Å². The molecule has 1 aliphatic carbocycles. The number of H-pyrrole nitrogens is 1. The fourth-order valence-electron chi connectivity index (χ4n) is 2.07. The summed E-state index contributed by atoms with van der Waals surface area (Å²) in [5, 5.41) is 2.51. The molecule has 0 bridgehead atoms. The lowest BCUT2D eigenvalue weighted by atomic mass is 9.93. The summed E-state index contributed by atoms with van der Waals surface area (Å²) in [5.41, 5.74) is 2.65. The highest BCUT2D eigenvalue weighted by atomic mass is 14.7. The van der Waals surface area contributed by atoms with Gasteiger partial charge in [0.1, 0.15) is 0 Å². The van der Waals surface area contributed by atoms with Gasteiger partial charge < -0.3 is 4.98 Å². The molecule has 2 rings (SSSR count). The Balaban J connectivity index is 2.75. The van der Waals surface area contributed by atoms with E-state index in [0.29, 0.717) is 0 Å². The van der Waals surface area contributed by atoms with Crippen molar-refractivity contribution in [3.63, 3.8) is 0 Å². The summed E-state index contributed by atoms with van der Waals surface area (Å²) >= 11 is 0. The Kier molecular flexibility index (Phi) is 2.63. The van der Waals surface area contributed by atoms with E-state index in [1.54, 1.807) is 0 Å². The van der Waals surface area contributed by atoms with Gasteiger partial charge >= 0.3 is 0 Å². The minimum Gasteiger partial charge on any atom is -0.355 e. The monoisotopic (exact) mass is 213 g/mol. The number of rotatable bonds is 0. The van der Waals surface area contributed by atoms with Crippen LogP contribution in [0.4, 0.5) is 0 Å². The standard InChI is InChI=1S/C15H19N/c1-5-11-12-7-9-15(3,4)10-8-14(12)16-13(11)6-2/h5-10,16H,1-4H3. The molecule has 0 radical (unpaired) electrons. The first-order chi connectivity index (χ1) is 7.57.